The quantitative estimate of drug-likeness (QED) is 0.886. The molecule has 1 amide bonds. The third kappa shape index (κ3) is 4.22. The molecule has 0 spiro atoms. The van der Waals surface area contributed by atoms with Gasteiger partial charge in [0.15, 0.2) is 0 Å². The van der Waals surface area contributed by atoms with Crippen LogP contribution in [0, 0.1) is 0 Å². The molecule has 0 atom stereocenters. The maximum absolute atomic E-state index is 12.8. The minimum absolute atomic E-state index is 0.148. The van der Waals surface area contributed by atoms with Crippen molar-refractivity contribution < 1.29 is 14.4 Å². The zero-order chi connectivity index (χ0) is 19.3. The lowest BCUT2D eigenvalue weighted by atomic mass is 9.81. The highest BCUT2D eigenvalue weighted by Crippen LogP contribution is 2.32. The Morgan fingerprint density at radius 1 is 0.929 bits per heavy atom. The second-order valence-electron chi connectivity index (χ2n) is 8.14. The first-order chi connectivity index (χ1) is 13.7. The van der Waals surface area contributed by atoms with Crippen molar-refractivity contribution in [3.63, 3.8) is 0 Å². The molecular weight excluding hydrogens is 348 g/mol. The van der Waals surface area contributed by atoms with Crippen molar-refractivity contribution in [2.24, 2.45) is 0 Å². The van der Waals surface area contributed by atoms with Gasteiger partial charge in [0.1, 0.15) is 5.75 Å². The van der Waals surface area contributed by atoms with Gasteiger partial charge in [-0.1, -0.05) is 30.3 Å². The Morgan fingerprint density at radius 3 is 2.18 bits per heavy atom. The molecule has 0 aromatic heterocycles. The summed E-state index contributed by atoms with van der Waals surface area (Å²) in [4.78, 5) is 16.5. The number of ether oxygens (including phenoxy) is 1. The highest BCUT2D eigenvalue weighted by Gasteiger charge is 2.33. The molecule has 4 rings (SSSR count). The van der Waals surface area contributed by atoms with Crippen LogP contribution in [0.3, 0.4) is 0 Å². The fraction of sp³-hybridized carbons (Fsp3) is 0.458. The van der Waals surface area contributed by atoms with Gasteiger partial charge in [-0.3, -0.25) is 4.79 Å². The van der Waals surface area contributed by atoms with Crippen molar-refractivity contribution in [3.8, 4) is 5.75 Å². The monoisotopic (exact) mass is 379 g/mol. The fourth-order valence-electron chi connectivity index (χ4n) is 4.88. The summed E-state index contributed by atoms with van der Waals surface area (Å²) in [6.45, 7) is 3.86. The lowest BCUT2D eigenvalue weighted by molar-refractivity contribution is -0.930. The molecule has 1 heterocycles. The van der Waals surface area contributed by atoms with Gasteiger partial charge in [-0.05, 0) is 61.4 Å². The predicted octanol–water partition coefficient (Wildman–Crippen LogP) is 2.76. The van der Waals surface area contributed by atoms with Crippen LogP contribution in [0.2, 0.25) is 0 Å². The molecule has 1 saturated carbocycles. The lowest BCUT2D eigenvalue weighted by Crippen LogP contribution is -3.18. The van der Waals surface area contributed by atoms with E-state index in [-0.39, 0.29) is 5.91 Å². The predicted molar refractivity (Wildman–Crippen MR) is 111 cm³/mol. The molecule has 2 fully saturated rings. The van der Waals surface area contributed by atoms with E-state index in [2.05, 4.69) is 30.3 Å². The van der Waals surface area contributed by atoms with Gasteiger partial charge in [-0.2, -0.15) is 0 Å². The molecule has 0 bridgehead atoms. The van der Waals surface area contributed by atoms with E-state index in [4.69, 9.17) is 4.74 Å². The van der Waals surface area contributed by atoms with E-state index in [1.54, 1.807) is 12.0 Å². The third-order valence-electron chi connectivity index (χ3n) is 6.61. The summed E-state index contributed by atoms with van der Waals surface area (Å²) in [5, 5.41) is 0. The Labute approximate surface area is 168 Å². The summed E-state index contributed by atoms with van der Waals surface area (Å²) in [5.74, 6) is 1.67. The first kappa shape index (κ1) is 19.0. The Balaban J connectivity index is 1.27. The van der Waals surface area contributed by atoms with Crippen LogP contribution in [0.25, 0.3) is 0 Å². The van der Waals surface area contributed by atoms with Crippen LogP contribution < -0.4 is 9.64 Å². The number of nitrogens with zero attached hydrogens (tertiary/aromatic N) is 1. The molecule has 4 heteroatoms. The average Bonchev–Trinajstić information content (AvgIpc) is 2.79. The number of hydrogen-bond donors (Lipinski definition) is 1. The molecule has 1 aliphatic carbocycles. The molecule has 2 aliphatic rings. The fourth-order valence-corrected chi connectivity index (χ4v) is 4.88. The first-order valence-electron chi connectivity index (χ1n) is 10.6. The molecule has 1 aliphatic heterocycles. The molecule has 4 nitrogen and oxygen atoms in total. The summed E-state index contributed by atoms with van der Waals surface area (Å²) in [6, 6.07) is 19.2. The summed E-state index contributed by atoms with van der Waals surface area (Å²) in [6.07, 6.45) is 5.21. The Hall–Kier alpha value is -2.33. The average molecular weight is 380 g/mol. The van der Waals surface area contributed by atoms with Gasteiger partial charge < -0.3 is 14.5 Å². The highest BCUT2D eigenvalue weighted by molar-refractivity contribution is 5.94. The van der Waals surface area contributed by atoms with Crippen molar-refractivity contribution >= 4 is 5.91 Å². The zero-order valence-corrected chi connectivity index (χ0v) is 16.8. The number of benzene rings is 2. The number of amides is 1. The van der Waals surface area contributed by atoms with E-state index in [9.17, 15) is 4.79 Å². The molecule has 2 aromatic rings. The molecule has 28 heavy (non-hydrogen) atoms. The third-order valence-corrected chi connectivity index (χ3v) is 6.61. The molecular formula is C24H31N2O2+. The standard InChI is InChI=1S/C24H30N2O2/c1-28-23-13-9-21(10-14-23)24(27)26-17-15-25(16-18-26)22-11-7-20(8-12-22)19-5-3-2-4-6-19/h2-6,9-10,13-14,20,22H,7-8,11-12,15-18H2,1H3/p+1. The number of nitrogens with one attached hydrogen (secondary N) is 1. The van der Waals surface area contributed by atoms with E-state index in [1.165, 1.54) is 31.2 Å². The summed E-state index contributed by atoms with van der Waals surface area (Å²) >= 11 is 0. The summed E-state index contributed by atoms with van der Waals surface area (Å²) < 4.78 is 5.18. The number of rotatable bonds is 4. The summed E-state index contributed by atoms with van der Waals surface area (Å²) in [7, 11) is 1.64. The van der Waals surface area contributed by atoms with Gasteiger partial charge in [0.05, 0.1) is 39.3 Å². The molecule has 1 saturated heterocycles. The van der Waals surface area contributed by atoms with Crippen LogP contribution in [0.15, 0.2) is 54.6 Å². The van der Waals surface area contributed by atoms with E-state index in [0.29, 0.717) is 0 Å². The van der Waals surface area contributed by atoms with Crippen LogP contribution in [-0.2, 0) is 0 Å². The van der Waals surface area contributed by atoms with Crippen LogP contribution >= 0.6 is 0 Å². The van der Waals surface area contributed by atoms with Crippen LogP contribution in [0.5, 0.6) is 5.75 Å². The number of piperazine rings is 1. The Morgan fingerprint density at radius 2 is 1.57 bits per heavy atom. The minimum Gasteiger partial charge on any atom is -0.497 e. The number of hydrogen-bond acceptors (Lipinski definition) is 2. The van der Waals surface area contributed by atoms with Crippen LogP contribution in [-0.4, -0.2) is 50.1 Å². The van der Waals surface area contributed by atoms with Gasteiger partial charge >= 0.3 is 0 Å². The van der Waals surface area contributed by atoms with E-state index in [0.717, 1.165) is 49.5 Å². The molecule has 0 radical (unpaired) electrons. The molecule has 0 unspecified atom stereocenters. The van der Waals surface area contributed by atoms with E-state index >= 15 is 0 Å². The maximum Gasteiger partial charge on any atom is 0.254 e. The van der Waals surface area contributed by atoms with Gasteiger partial charge in [-0.25, -0.2) is 0 Å². The zero-order valence-electron chi connectivity index (χ0n) is 16.8. The molecule has 2 aromatic carbocycles. The maximum atomic E-state index is 12.8. The van der Waals surface area contributed by atoms with Crippen LogP contribution in [0.1, 0.15) is 47.5 Å². The minimum atomic E-state index is 0.148. The van der Waals surface area contributed by atoms with Crippen molar-refractivity contribution in [3.05, 3.63) is 65.7 Å². The van der Waals surface area contributed by atoms with Crippen molar-refractivity contribution in [1.82, 2.24) is 4.90 Å². The van der Waals surface area contributed by atoms with Crippen LogP contribution in [0.4, 0.5) is 0 Å². The van der Waals surface area contributed by atoms with Gasteiger partial charge in [0.25, 0.3) is 5.91 Å². The lowest BCUT2D eigenvalue weighted by Gasteiger charge is -2.39. The highest BCUT2D eigenvalue weighted by atomic mass is 16.5. The number of carbonyl (C=O) groups is 1. The topological polar surface area (TPSA) is 34.0 Å². The first-order valence-corrected chi connectivity index (χ1v) is 10.6. The SMILES string of the molecule is COc1ccc(C(=O)N2CC[NH+](C3CCC(c4ccccc4)CC3)CC2)cc1. The number of methoxy groups -OCH3 is 1. The van der Waals surface area contributed by atoms with Gasteiger partial charge in [0, 0.05) is 5.56 Å². The van der Waals surface area contributed by atoms with Crippen molar-refractivity contribution in [2.45, 2.75) is 37.6 Å². The Bertz CT molecular complexity index is 759. The van der Waals surface area contributed by atoms with Crippen molar-refractivity contribution in [1.29, 1.82) is 0 Å². The summed E-state index contributed by atoms with van der Waals surface area (Å²) in [5.41, 5.74) is 2.26. The van der Waals surface area contributed by atoms with Gasteiger partial charge in [0.2, 0.25) is 0 Å². The Kier molecular flexibility index (Phi) is 5.96. The number of quaternary nitrogens is 1. The largest absolute Gasteiger partial charge is 0.497 e. The second kappa shape index (κ2) is 8.78. The molecule has 148 valence electrons. The normalized spacial score (nSPS) is 23.4. The van der Waals surface area contributed by atoms with E-state index in [1.807, 2.05) is 29.2 Å². The number of carbonyl (C=O) groups excluding carboxylic acids is 1. The van der Waals surface area contributed by atoms with E-state index < -0.39 is 0 Å². The van der Waals surface area contributed by atoms with Gasteiger partial charge in [-0.15, -0.1) is 0 Å². The second-order valence-corrected chi connectivity index (χ2v) is 8.14. The van der Waals surface area contributed by atoms with Crippen molar-refractivity contribution in [2.75, 3.05) is 33.3 Å². The molecule has 1 N–H and O–H groups in total. The smallest absolute Gasteiger partial charge is 0.254 e.